The van der Waals surface area contributed by atoms with Crippen molar-refractivity contribution < 1.29 is 23.0 Å². The van der Waals surface area contributed by atoms with E-state index in [1.165, 1.54) is 7.11 Å². The van der Waals surface area contributed by atoms with Gasteiger partial charge in [-0.05, 0) is 33.3 Å². The molecule has 0 fully saturated rings. The number of nitrogens with one attached hydrogen (secondary N) is 1. The maximum atomic E-state index is 13.6. The van der Waals surface area contributed by atoms with E-state index in [0.717, 1.165) is 12.1 Å². The molecule has 22 heavy (non-hydrogen) atoms. The van der Waals surface area contributed by atoms with Gasteiger partial charge in [0, 0.05) is 24.2 Å². The molecule has 7 heteroatoms. The molecule has 0 saturated heterocycles. The van der Waals surface area contributed by atoms with E-state index in [1.807, 2.05) is 0 Å². The van der Waals surface area contributed by atoms with E-state index in [-0.39, 0.29) is 18.7 Å². The van der Waals surface area contributed by atoms with Crippen LogP contribution in [0.3, 0.4) is 0 Å². The number of hydrogen-bond donors (Lipinski definition) is 2. The summed E-state index contributed by atoms with van der Waals surface area (Å²) in [4.78, 5) is 11.5. The van der Waals surface area contributed by atoms with Crippen molar-refractivity contribution in [3.05, 3.63) is 29.3 Å². The van der Waals surface area contributed by atoms with Gasteiger partial charge < -0.3 is 20.5 Å². The Hall–Kier alpha value is -1.89. The maximum Gasteiger partial charge on any atom is 0.407 e. The summed E-state index contributed by atoms with van der Waals surface area (Å²) in [5, 5.41) is 2.51. The summed E-state index contributed by atoms with van der Waals surface area (Å²) in [6.45, 7) is 5.34. The minimum absolute atomic E-state index is 0.0471. The highest BCUT2D eigenvalue weighted by molar-refractivity contribution is 5.67. The van der Waals surface area contributed by atoms with Crippen LogP contribution in [0.2, 0.25) is 0 Å². The van der Waals surface area contributed by atoms with Gasteiger partial charge in [-0.3, -0.25) is 0 Å². The number of nitrogens with two attached hydrogens (primary N) is 1. The second kappa shape index (κ2) is 7.40. The van der Waals surface area contributed by atoms with Crippen LogP contribution in [0.1, 0.15) is 26.3 Å². The lowest BCUT2D eigenvalue weighted by molar-refractivity contribution is 0.0524. The molecule has 0 radical (unpaired) electrons. The van der Waals surface area contributed by atoms with E-state index < -0.39 is 29.4 Å². The van der Waals surface area contributed by atoms with Gasteiger partial charge in [0.1, 0.15) is 11.4 Å². The molecule has 1 rings (SSSR count). The summed E-state index contributed by atoms with van der Waals surface area (Å²) in [5.41, 5.74) is 5.57. The molecule has 0 heterocycles. The van der Waals surface area contributed by atoms with Crippen LogP contribution < -0.4 is 15.8 Å². The zero-order valence-electron chi connectivity index (χ0n) is 13.2. The Morgan fingerprint density at radius 1 is 1.36 bits per heavy atom. The van der Waals surface area contributed by atoms with E-state index >= 15 is 0 Å². The van der Waals surface area contributed by atoms with Gasteiger partial charge in [-0.1, -0.05) is 0 Å². The molecule has 0 aliphatic rings. The van der Waals surface area contributed by atoms with Crippen molar-refractivity contribution in [2.24, 2.45) is 5.73 Å². The number of halogens is 2. The molecule has 0 aliphatic carbocycles. The maximum absolute atomic E-state index is 13.6. The van der Waals surface area contributed by atoms with Crippen LogP contribution in [-0.2, 0) is 11.2 Å². The molecule has 3 N–H and O–H groups in total. The largest absolute Gasteiger partial charge is 0.493 e. The van der Waals surface area contributed by atoms with Crippen molar-refractivity contribution in [3.8, 4) is 5.75 Å². The van der Waals surface area contributed by atoms with Crippen molar-refractivity contribution in [2.75, 3.05) is 13.7 Å². The molecule has 1 aromatic rings. The highest BCUT2D eigenvalue weighted by Crippen LogP contribution is 2.24. The number of benzene rings is 1. The Kier molecular flexibility index (Phi) is 6.11. The Morgan fingerprint density at radius 2 is 2.00 bits per heavy atom. The summed E-state index contributed by atoms with van der Waals surface area (Å²) in [7, 11) is 1.30. The molecule has 1 unspecified atom stereocenters. The van der Waals surface area contributed by atoms with Crippen LogP contribution in [0.15, 0.2) is 12.1 Å². The Morgan fingerprint density at radius 3 is 2.55 bits per heavy atom. The van der Waals surface area contributed by atoms with Crippen LogP contribution in [0.4, 0.5) is 13.6 Å². The lowest BCUT2D eigenvalue weighted by atomic mass is 10.0. The monoisotopic (exact) mass is 316 g/mol. The van der Waals surface area contributed by atoms with Crippen LogP contribution >= 0.6 is 0 Å². The summed E-state index contributed by atoms with van der Waals surface area (Å²) < 4.78 is 36.8. The molecule has 0 aromatic heterocycles. The third kappa shape index (κ3) is 5.85. The number of alkyl carbamates (subject to hydrolysis) is 1. The first kappa shape index (κ1) is 18.2. The quantitative estimate of drug-likeness (QED) is 0.874. The SMILES string of the molecule is COc1c(F)cc(F)cc1CC(N)CNC(=O)OC(C)(C)C. The number of ether oxygens (including phenoxy) is 2. The summed E-state index contributed by atoms with van der Waals surface area (Å²) in [6, 6.07) is 1.37. The van der Waals surface area contributed by atoms with E-state index in [0.29, 0.717) is 5.56 Å². The number of carbonyl (C=O) groups is 1. The topological polar surface area (TPSA) is 73.6 Å². The normalized spacial score (nSPS) is 12.7. The summed E-state index contributed by atoms with van der Waals surface area (Å²) in [6.07, 6.45) is -0.450. The van der Waals surface area contributed by atoms with Gasteiger partial charge in [0.05, 0.1) is 7.11 Å². The Bertz CT molecular complexity index is 530. The average molecular weight is 316 g/mol. The standard InChI is InChI=1S/C15H22F2N2O3/c1-15(2,3)22-14(20)19-8-11(18)6-9-5-10(16)7-12(17)13(9)21-4/h5,7,11H,6,8,18H2,1-4H3,(H,19,20). The van der Waals surface area contributed by atoms with Gasteiger partial charge in [-0.25, -0.2) is 13.6 Å². The van der Waals surface area contributed by atoms with Gasteiger partial charge in [0.2, 0.25) is 0 Å². The minimum Gasteiger partial charge on any atom is -0.493 e. The highest BCUT2D eigenvalue weighted by atomic mass is 19.1. The molecular weight excluding hydrogens is 294 g/mol. The van der Waals surface area contributed by atoms with Crippen LogP contribution in [0.25, 0.3) is 0 Å². The Balaban J connectivity index is 2.62. The molecule has 1 aromatic carbocycles. The molecule has 5 nitrogen and oxygen atoms in total. The second-order valence-corrected chi connectivity index (χ2v) is 5.93. The molecule has 124 valence electrons. The predicted molar refractivity (Wildman–Crippen MR) is 78.8 cm³/mol. The van der Waals surface area contributed by atoms with E-state index in [2.05, 4.69) is 5.32 Å². The van der Waals surface area contributed by atoms with Crippen molar-refractivity contribution in [2.45, 2.75) is 38.8 Å². The predicted octanol–water partition coefficient (Wildman–Crippen LogP) is 2.37. The van der Waals surface area contributed by atoms with Crippen LogP contribution in [-0.4, -0.2) is 31.4 Å². The second-order valence-electron chi connectivity index (χ2n) is 5.93. The fraction of sp³-hybridized carbons (Fsp3) is 0.533. The number of methoxy groups -OCH3 is 1. The first-order chi connectivity index (χ1) is 10.1. The molecule has 0 saturated carbocycles. The summed E-state index contributed by atoms with van der Waals surface area (Å²) in [5.74, 6) is -1.54. The van der Waals surface area contributed by atoms with Gasteiger partial charge in [-0.15, -0.1) is 0 Å². The van der Waals surface area contributed by atoms with Crippen LogP contribution in [0, 0.1) is 11.6 Å². The first-order valence-corrected chi connectivity index (χ1v) is 6.86. The van der Waals surface area contributed by atoms with Gasteiger partial charge in [0.15, 0.2) is 11.6 Å². The van der Waals surface area contributed by atoms with Gasteiger partial charge >= 0.3 is 6.09 Å². The molecule has 0 spiro atoms. The fourth-order valence-corrected chi connectivity index (χ4v) is 1.88. The zero-order valence-corrected chi connectivity index (χ0v) is 13.2. The number of amides is 1. The van der Waals surface area contributed by atoms with E-state index in [1.54, 1.807) is 20.8 Å². The summed E-state index contributed by atoms with van der Waals surface area (Å²) >= 11 is 0. The fourth-order valence-electron chi connectivity index (χ4n) is 1.88. The highest BCUT2D eigenvalue weighted by Gasteiger charge is 2.18. The van der Waals surface area contributed by atoms with Crippen molar-refractivity contribution >= 4 is 6.09 Å². The number of carbonyl (C=O) groups excluding carboxylic acids is 1. The average Bonchev–Trinajstić information content (AvgIpc) is 2.34. The van der Waals surface area contributed by atoms with E-state index in [9.17, 15) is 13.6 Å². The van der Waals surface area contributed by atoms with Crippen molar-refractivity contribution in [3.63, 3.8) is 0 Å². The van der Waals surface area contributed by atoms with Gasteiger partial charge in [-0.2, -0.15) is 0 Å². The molecule has 0 aliphatic heterocycles. The number of hydrogen-bond acceptors (Lipinski definition) is 4. The lowest BCUT2D eigenvalue weighted by Gasteiger charge is -2.21. The van der Waals surface area contributed by atoms with Crippen molar-refractivity contribution in [1.29, 1.82) is 0 Å². The van der Waals surface area contributed by atoms with Gasteiger partial charge in [0.25, 0.3) is 0 Å². The third-order valence-electron chi connectivity index (χ3n) is 2.68. The number of rotatable bonds is 5. The van der Waals surface area contributed by atoms with E-state index in [4.69, 9.17) is 15.2 Å². The van der Waals surface area contributed by atoms with Crippen molar-refractivity contribution in [1.82, 2.24) is 5.32 Å². The molecule has 1 atom stereocenters. The molecule has 1 amide bonds. The lowest BCUT2D eigenvalue weighted by Crippen LogP contribution is -2.41. The molecule has 0 bridgehead atoms. The zero-order chi connectivity index (χ0) is 16.9. The Labute approximate surface area is 128 Å². The van der Waals surface area contributed by atoms with Crippen LogP contribution in [0.5, 0.6) is 5.75 Å². The molecular formula is C15H22F2N2O3. The smallest absolute Gasteiger partial charge is 0.407 e. The minimum atomic E-state index is -0.787. The first-order valence-electron chi connectivity index (χ1n) is 6.86. The third-order valence-corrected chi connectivity index (χ3v) is 2.68.